The summed E-state index contributed by atoms with van der Waals surface area (Å²) in [6.45, 7) is -0.244. The van der Waals surface area contributed by atoms with E-state index in [2.05, 4.69) is 15.4 Å². The Balaban J connectivity index is 1.82. The summed E-state index contributed by atoms with van der Waals surface area (Å²) in [5.74, 6) is -1.08. The molecule has 0 aliphatic rings. The normalized spacial score (nSPS) is 10.8. The zero-order valence-electron chi connectivity index (χ0n) is 12.9. The fourth-order valence-corrected chi connectivity index (χ4v) is 2.63. The monoisotopic (exact) mass is 377 g/mol. The quantitative estimate of drug-likeness (QED) is 0.707. The minimum absolute atomic E-state index is 0.244. The van der Waals surface area contributed by atoms with Crippen molar-refractivity contribution in [2.24, 2.45) is 5.73 Å². The van der Waals surface area contributed by atoms with Gasteiger partial charge in [-0.3, -0.25) is 9.59 Å². The third kappa shape index (κ3) is 3.89. The molecule has 0 saturated heterocycles. The topological polar surface area (TPSA) is 102 Å². The molecule has 0 spiro atoms. The van der Waals surface area contributed by atoms with Crippen molar-refractivity contribution >= 4 is 40.7 Å². The Morgan fingerprint density at radius 2 is 1.96 bits per heavy atom. The highest BCUT2D eigenvalue weighted by Crippen LogP contribution is 2.24. The lowest BCUT2D eigenvalue weighted by Gasteiger charge is -2.05. The second-order valence-electron chi connectivity index (χ2n) is 5.36. The largest absolute Gasteiger partial charge is 0.368 e. The van der Waals surface area contributed by atoms with Gasteiger partial charge in [-0.1, -0.05) is 29.3 Å². The molecule has 0 atom stereocenters. The van der Waals surface area contributed by atoms with E-state index in [1.165, 1.54) is 10.7 Å². The Morgan fingerprint density at radius 1 is 1.16 bits per heavy atom. The van der Waals surface area contributed by atoms with Gasteiger partial charge in [-0.2, -0.15) is 5.10 Å². The van der Waals surface area contributed by atoms with Crippen molar-refractivity contribution in [3.05, 3.63) is 63.5 Å². The molecular formula is C16H13Cl2N5O2. The predicted molar refractivity (Wildman–Crippen MR) is 93.8 cm³/mol. The van der Waals surface area contributed by atoms with Crippen LogP contribution in [0.1, 0.15) is 21.5 Å². The van der Waals surface area contributed by atoms with Crippen molar-refractivity contribution < 1.29 is 9.59 Å². The van der Waals surface area contributed by atoms with Gasteiger partial charge in [-0.15, -0.1) is 0 Å². The van der Waals surface area contributed by atoms with Crippen molar-refractivity contribution in [1.82, 2.24) is 19.9 Å². The van der Waals surface area contributed by atoms with Gasteiger partial charge in [0, 0.05) is 18.8 Å². The first kappa shape index (κ1) is 17.2. The van der Waals surface area contributed by atoms with Gasteiger partial charge in [0.05, 0.1) is 22.8 Å². The molecule has 0 fully saturated rings. The minimum atomic E-state index is -0.623. The van der Waals surface area contributed by atoms with Crippen molar-refractivity contribution in [1.29, 1.82) is 0 Å². The number of benzene rings is 1. The zero-order valence-corrected chi connectivity index (χ0v) is 14.4. The number of fused-ring (bicyclic) bond motifs is 1. The second kappa shape index (κ2) is 7.08. The molecule has 0 unspecified atom stereocenters. The number of carbonyl (C=O) groups is 2. The van der Waals surface area contributed by atoms with Crippen molar-refractivity contribution in [3.8, 4) is 0 Å². The second-order valence-corrected chi connectivity index (χ2v) is 6.18. The van der Waals surface area contributed by atoms with Gasteiger partial charge < -0.3 is 11.1 Å². The molecule has 25 heavy (non-hydrogen) atoms. The van der Waals surface area contributed by atoms with Crippen LogP contribution >= 0.6 is 23.2 Å². The van der Waals surface area contributed by atoms with Gasteiger partial charge in [0.1, 0.15) is 5.56 Å². The maximum Gasteiger partial charge on any atom is 0.257 e. The number of amides is 2. The van der Waals surface area contributed by atoms with Crippen LogP contribution in [0.15, 0.2) is 36.8 Å². The predicted octanol–water partition coefficient (Wildman–Crippen LogP) is 1.84. The van der Waals surface area contributed by atoms with Crippen LogP contribution in [0.5, 0.6) is 0 Å². The number of halogens is 2. The molecule has 3 N–H and O–H groups in total. The van der Waals surface area contributed by atoms with E-state index in [1.807, 2.05) is 6.07 Å². The standard InChI is InChI=1S/C16H13Cl2N5O2/c17-12-2-1-9(4-13(12)18)3-10-5-20-15-11(6-22-23(15)8-10)16(25)21-7-14(19)24/h1-2,4-6,8H,3,7H2,(H2,19,24)(H,21,25). The summed E-state index contributed by atoms with van der Waals surface area (Å²) >= 11 is 11.9. The van der Waals surface area contributed by atoms with Gasteiger partial charge in [-0.05, 0) is 23.3 Å². The van der Waals surface area contributed by atoms with Crippen molar-refractivity contribution in [2.45, 2.75) is 6.42 Å². The SMILES string of the molecule is NC(=O)CNC(=O)c1cnn2cc(Cc3ccc(Cl)c(Cl)c3)cnc12. The maximum absolute atomic E-state index is 12.0. The molecule has 2 aromatic heterocycles. The molecule has 0 aliphatic heterocycles. The number of primary amides is 1. The zero-order chi connectivity index (χ0) is 18.0. The number of nitrogens with two attached hydrogens (primary N) is 1. The Kier molecular flexibility index (Phi) is 4.87. The fraction of sp³-hybridized carbons (Fsp3) is 0.125. The molecule has 3 rings (SSSR count). The fourth-order valence-electron chi connectivity index (χ4n) is 2.31. The number of aromatic nitrogens is 3. The number of hydrogen-bond acceptors (Lipinski definition) is 4. The van der Waals surface area contributed by atoms with Crippen molar-refractivity contribution in [2.75, 3.05) is 6.54 Å². The van der Waals surface area contributed by atoms with Gasteiger partial charge in [0.25, 0.3) is 5.91 Å². The molecule has 0 saturated carbocycles. The molecule has 2 amide bonds. The summed E-state index contributed by atoms with van der Waals surface area (Å²) in [6.07, 6.45) is 5.41. The van der Waals surface area contributed by atoms with E-state index >= 15 is 0 Å². The molecule has 1 aromatic carbocycles. The van der Waals surface area contributed by atoms with Crippen LogP contribution in [0.2, 0.25) is 10.0 Å². The van der Waals surface area contributed by atoms with Crippen molar-refractivity contribution in [3.63, 3.8) is 0 Å². The lowest BCUT2D eigenvalue weighted by Crippen LogP contribution is -2.33. The van der Waals surface area contributed by atoms with E-state index in [-0.39, 0.29) is 12.1 Å². The lowest BCUT2D eigenvalue weighted by molar-refractivity contribution is -0.117. The molecule has 7 nitrogen and oxygen atoms in total. The van der Waals surface area contributed by atoms with E-state index in [0.717, 1.165) is 11.1 Å². The van der Waals surface area contributed by atoms with Gasteiger partial charge in [0.2, 0.25) is 5.91 Å². The highest BCUT2D eigenvalue weighted by atomic mass is 35.5. The Labute approximate surface area is 152 Å². The molecule has 0 bridgehead atoms. The van der Waals surface area contributed by atoms with Crippen LogP contribution in [0.4, 0.5) is 0 Å². The van der Waals surface area contributed by atoms with E-state index in [0.29, 0.717) is 22.1 Å². The summed E-state index contributed by atoms with van der Waals surface area (Å²) in [4.78, 5) is 27.1. The third-order valence-electron chi connectivity index (χ3n) is 3.47. The van der Waals surface area contributed by atoms with E-state index < -0.39 is 11.8 Å². The van der Waals surface area contributed by atoms with Crippen LogP contribution in [0.25, 0.3) is 5.65 Å². The van der Waals surface area contributed by atoms with Crippen LogP contribution in [-0.2, 0) is 11.2 Å². The van der Waals surface area contributed by atoms with E-state index in [1.54, 1.807) is 24.5 Å². The summed E-state index contributed by atoms with van der Waals surface area (Å²) in [7, 11) is 0. The molecular weight excluding hydrogens is 365 g/mol. The van der Waals surface area contributed by atoms with Crippen LogP contribution < -0.4 is 11.1 Å². The highest BCUT2D eigenvalue weighted by molar-refractivity contribution is 6.42. The molecule has 2 heterocycles. The smallest absolute Gasteiger partial charge is 0.257 e. The summed E-state index contributed by atoms with van der Waals surface area (Å²) in [6, 6.07) is 5.41. The van der Waals surface area contributed by atoms with Gasteiger partial charge in [-0.25, -0.2) is 9.50 Å². The summed E-state index contributed by atoms with van der Waals surface area (Å²) in [5, 5.41) is 7.52. The van der Waals surface area contributed by atoms with Gasteiger partial charge >= 0.3 is 0 Å². The molecule has 0 aliphatic carbocycles. The summed E-state index contributed by atoms with van der Waals surface area (Å²) < 4.78 is 1.51. The number of rotatable bonds is 5. The highest BCUT2D eigenvalue weighted by Gasteiger charge is 2.14. The van der Waals surface area contributed by atoms with Gasteiger partial charge in [0.15, 0.2) is 5.65 Å². The Hall–Kier alpha value is -2.64. The van der Waals surface area contributed by atoms with E-state index in [9.17, 15) is 9.59 Å². The van der Waals surface area contributed by atoms with Crippen LogP contribution in [0, 0.1) is 0 Å². The van der Waals surface area contributed by atoms with Crippen LogP contribution in [0.3, 0.4) is 0 Å². The molecule has 128 valence electrons. The lowest BCUT2D eigenvalue weighted by atomic mass is 10.1. The Morgan fingerprint density at radius 3 is 2.68 bits per heavy atom. The number of nitrogens with zero attached hydrogens (tertiary/aromatic N) is 3. The Bertz CT molecular complexity index is 970. The first-order chi connectivity index (χ1) is 11.9. The minimum Gasteiger partial charge on any atom is -0.368 e. The van der Waals surface area contributed by atoms with E-state index in [4.69, 9.17) is 28.9 Å². The third-order valence-corrected chi connectivity index (χ3v) is 4.21. The first-order valence-electron chi connectivity index (χ1n) is 7.26. The maximum atomic E-state index is 12.0. The number of hydrogen-bond donors (Lipinski definition) is 2. The number of carbonyl (C=O) groups excluding carboxylic acids is 2. The number of nitrogens with one attached hydrogen (secondary N) is 1. The first-order valence-corrected chi connectivity index (χ1v) is 8.02. The summed E-state index contributed by atoms with van der Waals surface area (Å²) in [5.41, 5.74) is 7.53. The molecule has 3 aromatic rings. The average Bonchev–Trinajstić information content (AvgIpc) is 2.99. The van der Waals surface area contributed by atoms with Crippen LogP contribution in [-0.4, -0.2) is 33.0 Å². The average molecular weight is 378 g/mol. The molecule has 9 heteroatoms. The molecule has 0 radical (unpaired) electrons.